The summed E-state index contributed by atoms with van der Waals surface area (Å²) in [5, 5.41) is 9.85. The van der Waals surface area contributed by atoms with Crippen molar-refractivity contribution < 1.29 is 8.42 Å². The predicted molar refractivity (Wildman–Crippen MR) is 117 cm³/mol. The van der Waals surface area contributed by atoms with E-state index in [-0.39, 0.29) is 5.41 Å². The fourth-order valence-corrected chi connectivity index (χ4v) is 4.16. The normalized spacial score (nSPS) is 12.8. The van der Waals surface area contributed by atoms with Gasteiger partial charge in [-0.2, -0.15) is 0 Å². The standard InChI is InChI=1S/C20H30N4O2S2/c1-20(2,3)17-14-27-18(24-17)11-13-23-19(21-4)22-12-10-15-6-8-16(9-7-15)28(5,25)26/h6-9,14H,10-13H2,1-5H3,(H2,21,22,23). The molecular weight excluding hydrogens is 392 g/mol. The summed E-state index contributed by atoms with van der Waals surface area (Å²) >= 11 is 1.70. The summed E-state index contributed by atoms with van der Waals surface area (Å²) in [5.74, 6) is 0.750. The van der Waals surface area contributed by atoms with Gasteiger partial charge in [-0.15, -0.1) is 11.3 Å². The molecule has 0 spiro atoms. The second-order valence-corrected chi connectivity index (χ2v) is 10.7. The van der Waals surface area contributed by atoms with Crippen molar-refractivity contribution in [3.8, 4) is 0 Å². The first-order chi connectivity index (χ1) is 13.1. The fourth-order valence-electron chi connectivity index (χ4n) is 2.51. The highest BCUT2D eigenvalue weighted by molar-refractivity contribution is 7.90. The van der Waals surface area contributed by atoms with Crippen LogP contribution in [0.3, 0.4) is 0 Å². The molecule has 0 aliphatic carbocycles. The van der Waals surface area contributed by atoms with Crippen LogP contribution in [-0.4, -0.2) is 45.8 Å². The smallest absolute Gasteiger partial charge is 0.191 e. The third-order valence-electron chi connectivity index (χ3n) is 4.23. The number of thiazole rings is 1. The Balaban J connectivity index is 1.75. The first kappa shape index (κ1) is 22.4. The average Bonchev–Trinajstić information content (AvgIpc) is 3.09. The molecule has 0 aliphatic rings. The number of aliphatic imine (C=N–C) groups is 1. The van der Waals surface area contributed by atoms with Crippen molar-refractivity contribution in [3.63, 3.8) is 0 Å². The molecule has 0 saturated carbocycles. The minimum atomic E-state index is -3.15. The van der Waals surface area contributed by atoms with E-state index in [2.05, 4.69) is 41.8 Å². The molecule has 1 aromatic carbocycles. The summed E-state index contributed by atoms with van der Waals surface area (Å²) in [6.07, 6.45) is 2.86. The monoisotopic (exact) mass is 422 g/mol. The molecule has 0 amide bonds. The molecule has 1 aromatic heterocycles. The number of benzene rings is 1. The Hall–Kier alpha value is -1.93. The number of nitrogens with zero attached hydrogens (tertiary/aromatic N) is 2. The lowest BCUT2D eigenvalue weighted by Gasteiger charge is -2.14. The Morgan fingerprint density at radius 3 is 2.21 bits per heavy atom. The molecule has 0 bridgehead atoms. The molecule has 0 saturated heterocycles. The zero-order valence-corrected chi connectivity index (χ0v) is 18.9. The van der Waals surface area contributed by atoms with E-state index in [1.54, 1.807) is 30.5 Å². The Morgan fingerprint density at radius 2 is 1.71 bits per heavy atom. The zero-order valence-electron chi connectivity index (χ0n) is 17.2. The molecule has 1 heterocycles. The molecule has 0 radical (unpaired) electrons. The van der Waals surface area contributed by atoms with E-state index < -0.39 is 9.84 Å². The summed E-state index contributed by atoms with van der Waals surface area (Å²) in [6, 6.07) is 7.00. The van der Waals surface area contributed by atoms with Crippen LogP contribution in [0.25, 0.3) is 0 Å². The number of hydrogen-bond donors (Lipinski definition) is 2. The van der Waals surface area contributed by atoms with Crippen LogP contribution in [0.1, 0.15) is 37.0 Å². The quantitative estimate of drug-likeness (QED) is 0.530. The maximum absolute atomic E-state index is 11.5. The number of hydrogen-bond acceptors (Lipinski definition) is 5. The largest absolute Gasteiger partial charge is 0.356 e. The van der Waals surface area contributed by atoms with Crippen molar-refractivity contribution in [1.29, 1.82) is 0 Å². The van der Waals surface area contributed by atoms with Crippen LogP contribution in [0.15, 0.2) is 39.5 Å². The van der Waals surface area contributed by atoms with Crippen LogP contribution in [-0.2, 0) is 28.1 Å². The van der Waals surface area contributed by atoms with Crippen LogP contribution in [0.2, 0.25) is 0 Å². The lowest BCUT2D eigenvalue weighted by atomic mass is 9.93. The molecule has 2 aromatic rings. The third kappa shape index (κ3) is 6.91. The van der Waals surface area contributed by atoms with E-state index in [4.69, 9.17) is 4.98 Å². The lowest BCUT2D eigenvalue weighted by Crippen LogP contribution is -2.39. The van der Waals surface area contributed by atoms with E-state index in [1.807, 2.05) is 12.1 Å². The van der Waals surface area contributed by atoms with Gasteiger partial charge in [-0.3, -0.25) is 4.99 Å². The van der Waals surface area contributed by atoms with E-state index >= 15 is 0 Å². The van der Waals surface area contributed by atoms with Crippen LogP contribution >= 0.6 is 11.3 Å². The molecule has 28 heavy (non-hydrogen) atoms. The van der Waals surface area contributed by atoms with Crippen molar-refractivity contribution in [3.05, 3.63) is 45.9 Å². The Kier molecular flexibility index (Phi) is 7.60. The van der Waals surface area contributed by atoms with Gasteiger partial charge in [-0.05, 0) is 24.1 Å². The molecule has 2 N–H and O–H groups in total. The Morgan fingerprint density at radius 1 is 1.11 bits per heavy atom. The molecule has 154 valence electrons. The van der Waals surface area contributed by atoms with Gasteiger partial charge >= 0.3 is 0 Å². The molecule has 6 nitrogen and oxygen atoms in total. The van der Waals surface area contributed by atoms with E-state index in [0.717, 1.165) is 41.6 Å². The van der Waals surface area contributed by atoms with Gasteiger partial charge in [0.1, 0.15) is 0 Å². The topological polar surface area (TPSA) is 83.5 Å². The van der Waals surface area contributed by atoms with Gasteiger partial charge < -0.3 is 10.6 Å². The number of aromatic nitrogens is 1. The third-order valence-corrected chi connectivity index (χ3v) is 6.27. The molecule has 0 atom stereocenters. The lowest BCUT2D eigenvalue weighted by molar-refractivity contribution is 0.570. The molecule has 8 heteroatoms. The minimum absolute atomic E-state index is 0.0826. The summed E-state index contributed by atoms with van der Waals surface area (Å²) in [6.45, 7) is 7.99. The zero-order chi connectivity index (χ0) is 20.8. The number of guanidine groups is 1. The average molecular weight is 423 g/mol. The second kappa shape index (κ2) is 9.52. The van der Waals surface area contributed by atoms with Gasteiger partial charge in [-0.1, -0.05) is 32.9 Å². The minimum Gasteiger partial charge on any atom is -0.356 e. The van der Waals surface area contributed by atoms with Crippen molar-refractivity contribution in [2.45, 2.75) is 43.9 Å². The van der Waals surface area contributed by atoms with Gasteiger partial charge in [0.25, 0.3) is 0 Å². The first-order valence-electron chi connectivity index (χ1n) is 9.28. The predicted octanol–water partition coefficient (Wildman–Crippen LogP) is 2.79. The van der Waals surface area contributed by atoms with Crippen molar-refractivity contribution in [1.82, 2.24) is 15.6 Å². The van der Waals surface area contributed by atoms with Gasteiger partial charge in [-0.25, -0.2) is 13.4 Å². The van der Waals surface area contributed by atoms with Gasteiger partial charge in [0.05, 0.1) is 15.6 Å². The highest BCUT2D eigenvalue weighted by Gasteiger charge is 2.17. The van der Waals surface area contributed by atoms with Gasteiger partial charge in [0.2, 0.25) is 0 Å². The second-order valence-electron chi connectivity index (χ2n) is 7.72. The van der Waals surface area contributed by atoms with Crippen LogP contribution in [0, 0.1) is 0 Å². The summed E-state index contributed by atoms with van der Waals surface area (Å²) in [4.78, 5) is 9.29. The number of nitrogens with one attached hydrogen (secondary N) is 2. The van der Waals surface area contributed by atoms with Crippen LogP contribution < -0.4 is 10.6 Å². The van der Waals surface area contributed by atoms with Crippen molar-refractivity contribution in [2.75, 3.05) is 26.4 Å². The van der Waals surface area contributed by atoms with E-state index in [1.165, 1.54) is 6.26 Å². The Labute approximate surface area is 172 Å². The van der Waals surface area contributed by atoms with Crippen molar-refractivity contribution >= 4 is 27.1 Å². The fraction of sp³-hybridized carbons (Fsp3) is 0.500. The maximum Gasteiger partial charge on any atom is 0.191 e. The summed E-state index contributed by atoms with van der Waals surface area (Å²) in [5.41, 5.74) is 2.30. The van der Waals surface area contributed by atoms with Gasteiger partial charge in [0.15, 0.2) is 15.8 Å². The van der Waals surface area contributed by atoms with E-state index in [0.29, 0.717) is 11.4 Å². The highest BCUT2D eigenvalue weighted by atomic mass is 32.2. The maximum atomic E-state index is 11.5. The molecule has 0 fully saturated rings. The molecular formula is C20H30N4O2S2. The SMILES string of the molecule is CN=C(NCCc1ccc(S(C)(=O)=O)cc1)NCCc1nc(C(C)(C)C)cs1. The summed E-state index contributed by atoms with van der Waals surface area (Å²) < 4.78 is 23.0. The van der Waals surface area contributed by atoms with Crippen LogP contribution in [0.4, 0.5) is 0 Å². The highest BCUT2D eigenvalue weighted by Crippen LogP contribution is 2.23. The molecule has 0 aliphatic heterocycles. The Bertz CT molecular complexity index is 895. The van der Waals surface area contributed by atoms with Crippen molar-refractivity contribution in [2.24, 2.45) is 4.99 Å². The van der Waals surface area contributed by atoms with Crippen LogP contribution in [0.5, 0.6) is 0 Å². The first-order valence-corrected chi connectivity index (χ1v) is 12.0. The number of sulfone groups is 1. The molecule has 2 rings (SSSR count). The molecule has 0 unspecified atom stereocenters. The van der Waals surface area contributed by atoms with Gasteiger partial charge in [0, 0.05) is 43.6 Å². The van der Waals surface area contributed by atoms with E-state index in [9.17, 15) is 8.42 Å². The number of rotatable bonds is 7. The summed E-state index contributed by atoms with van der Waals surface area (Å²) in [7, 11) is -1.40.